The molecule has 0 unspecified atom stereocenters. The van der Waals surface area contributed by atoms with Crippen LogP contribution in [0.4, 0.5) is 5.82 Å². The van der Waals surface area contributed by atoms with Gasteiger partial charge in [0.25, 0.3) is 0 Å². The van der Waals surface area contributed by atoms with E-state index in [-0.39, 0.29) is 0 Å². The first kappa shape index (κ1) is 4.18. The molecule has 0 radical (unpaired) electrons. The summed E-state index contributed by atoms with van der Waals surface area (Å²) in [7, 11) is 0. The van der Waals surface area contributed by atoms with Crippen LogP contribution in [0.1, 0.15) is 5.82 Å². The number of anilines is 1. The van der Waals surface area contributed by atoms with Gasteiger partial charge >= 0.3 is 0 Å². The second kappa shape index (κ2) is 1.26. The molecule has 0 fully saturated rings. The summed E-state index contributed by atoms with van der Waals surface area (Å²) in [4.78, 5) is 6.64. The molecule has 1 aromatic heterocycles. The molecule has 3 nitrogen and oxygen atoms in total. The highest BCUT2D eigenvalue weighted by atomic mass is 15.0. The van der Waals surface area contributed by atoms with Crippen LogP contribution in [0.2, 0.25) is 0 Å². The third-order valence-corrected chi connectivity index (χ3v) is 0.723. The first-order chi connectivity index (χ1) is 3.29. The predicted molar refractivity (Wildman–Crippen MR) is 27.7 cm³/mol. The van der Waals surface area contributed by atoms with E-state index in [0.29, 0.717) is 5.82 Å². The molecule has 3 N–H and O–H groups in total. The van der Waals surface area contributed by atoms with E-state index in [0.717, 1.165) is 5.82 Å². The third-order valence-electron chi connectivity index (χ3n) is 0.723. The van der Waals surface area contributed by atoms with Crippen LogP contribution in [-0.4, -0.2) is 9.97 Å². The van der Waals surface area contributed by atoms with Crippen molar-refractivity contribution in [3.05, 3.63) is 12.0 Å². The van der Waals surface area contributed by atoms with Crippen molar-refractivity contribution < 1.29 is 0 Å². The number of hydrogen-bond donors (Lipinski definition) is 2. The fraction of sp³-hybridized carbons (Fsp3) is 0.250. The molecule has 1 aromatic rings. The first-order valence-corrected chi connectivity index (χ1v) is 2.06. The van der Waals surface area contributed by atoms with E-state index >= 15 is 0 Å². The number of H-pyrrole nitrogens is 1. The molecular formula is C4H7N3. The number of nitrogens with zero attached hydrogens (tertiary/aromatic N) is 1. The van der Waals surface area contributed by atoms with E-state index in [1.54, 1.807) is 6.20 Å². The largest absolute Gasteiger partial charge is 0.384 e. The third kappa shape index (κ3) is 0.707. The van der Waals surface area contributed by atoms with Gasteiger partial charge in [-0.05, 0) is 6.92 Å². The molecule has 1 heterocycles. The number of imidazole rings is 1. The van der Waals surface area contributed by atoms with E-state index in [1.807, 2.05) is 6.92 Å². The Kier molecular flexibility index (Phi) is 0.749. The van der Waals surface area contributed by atoms with Crippen LogP contribution in [0, 0.1) is 6.92 Å². The Labute approximate surface area is 41.6 Å². The van der Waals surface area contributed by atoms with Gasteiger partial charge in [-0.1, -0.05) is 0 Å². The number of nitrogen functional groups attached to an aromatic ring is 1. The van der Waals surface area contributed by atoms with Gasteiger partial charge in [0, 0.05) is 0 Å². The minimum Gasteiger partial charge on any atom is -0.384 e. The normalized spacial score (nSPS) is 9.29. The minimum atomic E-state index is 0.623. The fourth-order valence-electron chi connectivity index (χ4n) is 0.440. The van der Waals surface area contributed by atoms with Crippen molar-refractivity contribution >= 4 is 5.82 Å². The Bertz CT molecular complexity index is 139. The van der Waals surface area contributed by atoms with Crippen LogP contribution in [0.15, 0.2) is 6.20 Å². The van der Waals surface area contributed by atoms with E-state index < -0.39 is 0 Å². The van der Waals surface area contributed by atoms with Crippen molar-refractivity contribution in [2.75, 3.05) is 5.73 Å². The predicted octanol–water partition coefficient (Wildman–Crippen LogP) is 0.300. The molecule has 0 amide bonds. The summed E-state index contributed by atoms with van der Waals surface area (Å²) in [6.45, 7) is 1.86. The van der Waals surface area contributed by atoms with Gasteiger partial charge in [-0.25, -0.2) is 4.98 Å². The van der Waals surface area contributed by atoms with Crippen molar-refractivity contribution in [1.82, 2.24) is 9.97 Å². The molecule has 7 heavy (non-hydrogen) atoms. The second-order valence-corrected chi connectivity index (χ2v) is 1.42. The molecular weight excluding hydrogens is 90.1 g/mol. The van der Waals surface area contributed by atoms with Gasteiger partial charge in [0.05, 0.1) is 6.20 Å². The average molecular weight is 97.1 g/mol. The summed E-state index contributed by atoms with van der Waals surface area (Å²) in [5.74, 6) is 1.48. The van der Waals surface area contributed by atoms with Gasteiger partial charge in [0.2, 0.25) is 0 Å². The minimum absolute atomic E-state index is 0.623. The van der Waals surface area contributed by atoms with E-state index in [2.05, 4.69) is 9.97 Å². The standard InChI is InChI=1S/C4H7N3/c1-3-6-2-4(5)7-3/h2H,5H2,1H3,(H,6,7). The SMILES string of the molecule is Cc1ncc(N)[nH]1. The van der Waals surface area contributed by atoms with Crippen molar-refractivity contribution in [3.8, 4) is 0 Å². The zero-order chi connectivity index (χ0) is 5.28. The Morgan fingerprint density at radius 1 is 1.86 bits per heavy atom. The second-order valence-electron chi connectivity index (χ2n) is 1.42. The zero-order valence-corrected chi connectivity index (χ0v) is 4.10. The first-order valence-electron chi connectivity index (χ1n) is 2.06. The lowest BCUT2D eigenvalue weighted by molar-refractivity contribution is 1.15. The maximum atomic E-state index is 5.26. The molecule has 0 aliphatic rings. The van der Waals surface area contributed by atoms with Crippen LogP contribution in [0.25, 0.3) is 0 Å². The lowest BCUT2D eigenvalue weighted by Gasteiger charge is -1.75. The van der Waals surface area contributed by atoms with E-state index in [1.165, 1.54) is 0 Å². The summed E-state index contributed by atoms with van der Waals surface area (Å²) < 4.78 is 0. The number of aromatic nitrogens is 2. The maximum Gasteiger partial charge on any atom is 0.120 e. The number of nitrogens with one attached hydrogen (secondary N) is 1. The number of aromatic amines is 1. The maximum absolute atomic E-state index is 5.26. The molecule has 0 saturated heterocycles. The Morgan fingerprint density at radius 3 is 2.71 bits per heavy atom. The summed E-state index contributed by atoms with van der Waals surface area (Å²) in [6, 6.07) is 0. The van der Waals surface area contributed by atoms with Gasteiger partial charge < -0.3 is 10.7 Å². The summed E-state index contributed by atoms with van der Waals surface area (Å²) in [6.07, 6.45) is 1.59. The number of hydrogen-bond acceptors (Lipinski definition) is 2. The smallest absolute Gasteiger partial charge is 0.120 e. The van der Waals surface area contributed by atoms with Crippen LogP contribution in [0.5, 0.6) is 0 Å². The van der Waals surface area contributed by atoms with Crippen LogP contribution in [-0.2, 0) is 0 Å². The molecule has 0 spiro atoms. The van der Waals surface area contributed by atoms with Gasteiger partial charge in [0.15, 0.2) is 0 Å². The van der Waals surface area contributed by atoms with Crippen molar-refractivity contribution in [2.24, 2.45) is 0 Å². The van der Waals surface area contributed by atoms with Crippen molar-refractivity contribution in [3.63, 3.8) is 0 Å². The average Bonchev–Trinajstić information content (AvgIpc) is 1.87. The molecule has 0 bridgehead atoms. The fourth-order valence-corrected chi connectivity index (χ4v) is 0.440. The van der Waals surface area contributed by atoms with Crippen LogP contribution < -0.4 is 5.73 Å². The molecule has 0 aliphatic heterocycles. The molecule has 1 rings (SSSR count). The monoisotopic (exact) mass is 97.1 g/mol. The summed E-state index contributed by atoms with van der Waals surface area (Å²) in [5, 5.41) is 0. The highest BCUT2D eigenvalue weighted by molar-refractivity contribution is 5.23. The Morgan fingerprint density at radius 2 is 2.57 bits per heavy atom. The van der Waals surface area contributed by atoms with E-state index in [9.17, 15) is 0 Å². The molecule has 0 atom stereocenters. The van der Waals surface area contributed by atoms with Gasteiger partial charge in [0.1, 0.15) is 11.6 Å². The zero-order valence-electron chi connectivity index (χ0n) is 4.10. The quantitative estimate of drug-likeness (QED) is 0.489. The molecule has 0 aromatic carbocycles. The molecule has 0 saturated carbocycles. The lowest BCUT2D eigenvalue weighted by atomic mass is 10.8. The lowest BCUT2D eigenvalue weighted by Crippen LogP contribution is -1.81. The highest BCUT2D eigenvalue weighted by Crippen LogP contribution is 1.92. The number of nitrogens with two attached hydrogens (primary N) is 1. The van der Waals surface area contributed by atoms with Gasteiger partial charge in [-0.2, -0.15) is 0 Å². The Hall–Kier alpha value is -0.990. The van der Waals surface area contributed by atoms with E-state index in [4.69, 9.17) is 5.73 Å². The van der Waals surface area contributed by atoms with Crippen LogP contribution >= 0.6 is 0 Å². The summed E-state index contributed by atoms with van der Waals surface area (Å²) in [5.41, 5.74) is 5.26. The number of rotatable bonds is 0. The van der Waals surface area contributed by atoms with Crippen molar-refractivity contribution in [2.45, 2.75) is 6.92 Å². The van der Waals surface area contributed by atoms with Gasteiger partial charge in [-0.15, -0.1) is 0 Å². The number of aryl methyl sites for hydroxylation is 1. The van der Waals surface area contributed by atoms with Crippen LogP contribution in [0.3, 0.4) is 0 Å². The Balaban J connectivity index is 3.04. The molecule has 0 aliphatic carbocycles. The highest BCUT2D eigenvalue weighted by Gasteiger charge is 1.84. The molecule has 3 heteroatoms. The summed E-state index contributed by atoms with van der Waals surface area (Å²) >= 11 is 0. The van der Waals surface area contributed by atoms with Crippen molar-refractivity contribution in [1.29, 1.82) is 0 Å². The topological polar surface area (TPSA) is 54.7 Å². The molecule has 38 valence electrons. The van der Waals surface area contributed by atoms with Gasteiger partial charge in [-0.3, -0.25) is 0 Å².